The fraction of sp³-hybridized carbons (Fsp3) is 0.562. The Hall–Kier alpha value is -0.910. The van der Waals surface area contributed by atoms with Crippen molar-refractivity contribution in [2.24, 2.45) is 0 Å². The SMILES string of the molecule is CCOCCN(CCOCC)c1cc(Br)ccc1C(C)=O. The molecule has 0 radical (unpaired) electrons. The molecule has 0 atom stereocenters. The standard InChI is InChI=1S/C16H24BrNO3/c1-4-20-10-8-18(9-11-21-5-2)16-12-14(17)6-7-15(16)13(3)19/h6-7,12H,4-5,8-11H2,1-3H3. The molecule has 1 aromatic carbocycles. The lowest BCUT2D eigenvalue weighted by molar-refractivity contribution is 0.101. The number of carbonyl (C=O) groups is 1. The zero-order valence-corrected chi connectivity index (χ0v) is 14.6. The number of ether oxygens (including phenoxy) is 2. The number of hydrogen-bond acceptors (Lipinski definition) is 4. The molecule has 0 amide bonds. The zero-order chi connectivity index (χ0) is 15.7. The molecule has 0 fully saturated rings. The summed E-state index contributed by atoms with van der Waals surface area (Å²) in [5.74, 6) is 0.0651. The summed E-state index contributed by atoms with van der Waals surface area (Å²) < 4.78 is 11.8. The largest absolute Gasteiger partial charge is 0.380 e. The Morgan fingerprint density at radius 1 is 1.14 bits per heavy atom. The molecule has 0 aliphatic rings. The van der Waals surface area contributed by atoms with Crippen LogP contribution in [-0.4, -0.2) is 45.3 Å². The van der Waals surface area contributed by atoms with Crippen molar-refractivity contribution in [2.75, 3.05) is 44.4 Å². The van der Waals surface area contributed by atoms with Crippen molar-refractivity contribution in [3.63, 3.8) is 0 Å². The monoisotopic (exact) mass is 357 g/mol. The summed E-state index contributed by atoms with van der Waals surface area (Å²) in [6.07, 6.45) is 0. The smallest absolute Gasteiger partial charge is 0.161 e. The summed E-state index contributed by atoms with van der Waals surface area (Å²) in [5, 5.41) is 0. The topological polar surface area (TPSA) is 38.8 Å². The van der Waals surface area contributed by atoms with E-state index >= 15 is 0 Å². The van der Waals surface area contributed by atoms with Crippen LogP contribution < -0.4 is 4.90 Å². The minimum Gasteiger partial charge on any atom is -0.380 e. The first-order chi connectivity index (χ1) is 10.1. The van der Waals surface area contributed by atoms with E-state index < -0.39 is 0 Å². The molecule has 1 aromatic rings. The molecule has 0 N–H and O–H groups in total. The molecule has 5 heteroatoms. The minimum absolute atomic E-state index is 0.0651. The maximum Gasteiger partial charge on any atom is 0.161 e. The first-order valence-corrected chi connectivity index (χ1v) is 8.10. The van der Waals surface area contributed by atoms with E-state index in [0.29, 0.717) is 26.4 Å². The van der Waals surface area contributed by atoms with Crippen molar-refractivity contribution >= 4 is 27.4 Å². The van der Waals surface area contributed by atoms with E-state index in [9.17, 15) is 4.79 Å². The molecular formula is C16H24BrNO3. The fourth-order valence-electron chi connectivity index (χ4n) is 2.06. The van der Waals surface area contributed by atoms with Crippen molar-refractivity contribution in [1.29, 1.82) is 0 Å². The van der Waals surface area contributed by atoms with Crippen LogP contribution in [0.25, 0.3) is 0 Å². The van der Waals surface area contributed by atoms with Crippen LogP contribution >= 0.6 is 15.9 Å². The van der Waals surface area contributed by atoms with Crippen LogP contribution in [-0.2, 0) is 9.47 Å². The molecule has 0 bridgehead atoms. The number of anilines is 1. The fourth-order valence-corrected chi connectivity index (χ4v) is 2.40. The van der Waals surface area contributed by atoms with Gasteiger partial charge in [0.05, 0.1) is 13.2 Å². The molecule has 1 rings (SSSR count). The summed E-state index contributed by atoms with van der Waals surface area (Å²) in [7, 11) is 0. The van der Waals surface area contributed by atoms with Crippen molar-refractivity contribution in [3.05, 3.63) is 28.2 Å². The van der Waals surface area contributed by atoms with Gasteiger partial charge in [0.1, 0.15) is 0 Å². The third-order valence-electron chi connectivity index (χ3n) is 3.10. The zero-order valence-electron chi connectivity index (χ0n) is 13.0. The van der Waals surface area contributed by atoms with Gasteiger partial charge in [-0.05, 0) is 39.0 Å². The predicted molar refractivity (Wildman–Crippen MR) is 89.3 cm³/mol. The molecule has 0 aromatic heterocycles. The molecule has 0 aliphatic carbocycles. The maximum atomic E-state index is 11.8. The van der Waals surface area contributed by atoms with E-state index in [1.807, 2.05) is 32.0 Å². The van der Waals surface area contributed by atoms with Crippen LogP contribution in [0, 0.1) is 0 Å². The third-order valence-corrected chi connectivity index (χ3v) is 3.59. The number of rotatable bonds is 10. The van der Waals surface area contributed by atoms with E-state index in [4.69, 9.17) is 9.47 Å². The molecule has 118 valence electrons. The lowest BCUT2D eigenvalue weighted by Crippen LogP contribution is -2.32. The van der Waals surface area contributed by atoms with E-state index in [2.05, 4.69) is 20.8 Å². The molecule has 0 saturated carbocycles. The second-order valence-corrected chi connectivity index (χ2v) is 5.51. The van der Waals surface area contributed by atoms with Crippen LogP contribution in [0.5, 0.6) is 0 Å². The van der Waals surface area contributed by atoms with E-state index in [0.717, 1.165) is 28.8 Å². The third kappa shape index (κ3) is 6.16. The number of ketones is 1. The Kier molecular flexibility index (Phi) is 8.57. The highest BCUT2D eigenvalue weighted by atomic mass is 79.9. The molecule has 0 spiro atoms. The van der Waals surface area contributed by atoms with Crippen molar-refractivity contribution in [2.45, 2.75) is 20.8 Å². The van der Waals surface area contributed by atoms with Crippen molar-refractivity contribution < 1.29 is 14.3 Å². The highest BCUT2D eigenvalue weighted by Crippen LogP contribution is 2.25. The maximum absolute atomic E-state index is 11.8. The lowest BCUT2D eigenvalue weighted by Gasteiger charge is -2.26. The number of Topliss-reactive ketones (excluding diaryl/α,β-unsaturated/α-hetero) is 1. The van der Waals surface area contributed by atoms with Crippen LogP contribution in [0.15, 0.2) is 22.7 Å². The summed E-state index contributed by atoms with van der Waals surface area (Å²) in [6, 6.07) is 5.73. The Bertz CT molecular complexity index is 441. The summed E-state index contributed by atoms with van der Waals surface area (Å²) >= 11 is 3.48. The molecular weight excluding hydrogens is 334 g/mol. The van der Waals surface area contributed by atoms with Crippen molar-refractivity contribution in [1.82, 2.24) is 0 Å². The quantitative estimate of drug-likeness (QED) is 0.474. The molecule has 0 saturated heterocycles. The molecule has 0 heterocycles. The lowest BCUT2D eigenvalue weighted by atomic mass is 10.1. The summed E-state index contributed by atoms with van der Waals surface area (Å²) in [5.41, 5.74) is 1.66. The first kappa shape index (κ1) is 18.1. The molecule has 0 aliphatic heterocycles. The highest BCUT2D eigenvalue weighted by Gasteiger charge is 2.14. The Labute approximate surface area is 135 Å². The number of nitrogens with zero attached hydrogens (tertiary/aromatic N) is 1. The van der Waals surface area contributed by atoms with Gasteiger partial charge in [0, 0.05) is 42.0 Å². The van der Waals surface area contributed by atoms with E-state index in [-0.39, 0.29) is 5.78 Å². The number of halogens is 1. The van der Waals surface area contributed by atoms with Gasteiger partial charge in [0.15, 0.2) is 5.78 Å². The Morgan fingerprint density at radius 3 is 2.19 bits per heavy atom. The van der Waals surface area contributed by atoms with Crippen molar-refractivity contribution in [3.8, 4) is 0 Å². The molecule has 4 nitrogen and oxygen atoms in total. The first-order valence-electron chi connectivity index (χ1n) is 7.31. The van der Waals surface area contributed by atoms with Gasteiger partial charge in [-0.15, -0.1) is 0 Å². The minimum atomic E-state index is 0.0651. The van der Waals surface area contributed by atoms with Crippen LogP contribution in [0.2, 0.25) is 0 Å². The number of carbonyl (C=O) groups excluding carboxylic acids is 1. The normalized spacial score (nSPS) is 10.7. The van der Waals surface area contributed by atoms with Gasteiger partial charge in [-0.3, -0.25) is 4.79 Å². The second kappa shape index (κ2) is 9.92. The van der Waals surface area contributed by atoms with Gasteiger partial charge in [-0.25, -0.2) is 0 Å². The van der Waals surface area contributed by atoms with Gasteiger partial charge < -0.3 is 14.4 Å². The van der Waals surface area contributed by atoms with Gasteiger partial charge >= 0.3 is 0 Å². The summed E-state index contributed by atoms with van der Waals surface area (Å²) in [4.78, 5) is 14.0. The van der Waals surface area contributed by atoms with Crippen LogP contribution in [0.1, 0.15) is 31.1 Å². The van der Waals surface area contributed by atoms with Gasteiger partial charge in [0.2, 0.25) is 0 Å². The Morgan fingerprint density at radius 2 is 1.71 bits per heavy atom. The van der Waals surface area contributed by atoms with Gasteiger partial charge in [-0.2, -0.15) is 0 Å². The highest BCUT2D eigenvalue weighted by molar-refractivity contribution is 9.10. The van der Waals surface area contributed by atoms with E-state index in [1.54, 1.807) is 6.92 Å². The number of benzene rings is 1. The molecule has 21 heavy (non-hydrogen) atoms. The van der Waals surface area contributed by atoms with Gasteiger partial charge in [0.25, 0.3) is 0 Å². The second-order valence-electron chi connectivity index (χ2n) is 4.60. The predicted octanol–water partition coefficient (Wildman–Crippen LogP) is 3.53. The average molecular weight is 358 g/mol. The summed E-state index contributed by atoms with van der Waals surface area (Å²) in [6.45, 7) is 9.66. The van der Waals surface area contributed by atoms with Crippen LogP contribution in [0.3, 0.4) is 0 Å². The number of hydrogen-bond donors (Lipinski definition) is 0. The average Bonchev–Trinajstić information content (AvgIpc) is 2.45. The van der Waals surface area contributed by atoms with Crippen LogP contribution in [0.4, 0.5) is 5.69 Å². The molecule has 0 unspecified atom stereocenters. The van der Waals surface area contributed by atoms with Gasteiger partial charge in [-0.1, -0.05) is 15.9 Å². The van der Waals surface area contributed by atoms with E-state index in [1.165, 1.54) is 0 Å². The Balaban J connectivity index is 2.93.